The fourth-order valence-corrected chi connectivity index (χ4v) is 4.14. The minimum atomic E-state index is -0.646. The Kier molecular flexibility index (Phi) is 6.12. The first-order valence-electron chi connectivity index (χ1n) is 11.9. The van der Waals surface area contributed by atoms with Crippen molar-refractivity contribution in [1.29, 1.82) is 0 Å². The van der Waals surface area contributed by atoms with Crippen LogP contribution in [-0.2, 0) is 4.74 Å². The maximum Gasteiger partial charge on any atom is 0.410 e. The van der Waals surface area contributed by atoms with Crippen LogP contribution in [0.4, 0.5) is 4.79 Å². The summed E-state index contributed by atoms with van der Waals surface area (Å²) >= 11 is 0. The summed E-state index contributed by atoms with van der Waals surface area (Å²) in [5, 5.41) is 4.73. The molecule has 1 aliphatic rings. The van der Waals surface area contributed by atoms with Crippen LogP contribution >= 0.6 is 0 Å². The average Bonchev–Trinajstić information content (AvgIpc) is 3.50. The van der Waals surface area contributed by atoms with Gasteiger partial charge in [0.1, 0.15) is 28.1 Å². The molecule has 2 N–H and O–H groups in total. The number of nitrogens with zero attached hydrogens (tertiary/aromatic N) is 4. The maximum absolute atomic E-state index is 12.5. The van der Waals surface area contributed by atoms with Gasteiger partial charge in [-0.1, -0.05) is 24.3 Å². The number of benzene rings is 2. The maximum atomic E-state index is 12.5. The summed E-state index contributed by atoms with van der Waals surface area (Å²) in [6.45, 7) is 6.28. The van der Waals surface area contributed by atoms with Crippen LogP contribution in [0.2, 0.25) is 0 Å². The highest BCUT2D eigenvalue weighted by Crippen LogP contribution is 2.31. The van der Waals surface area contributed by atoms with Gasteiger partial charge in [0.25, 0.3) is 5.91 Å². The quantitative estimate of drug-likeness (QED) is 0.418. The van der Waals surface area contributed by atoms with E-state index in [1.165, 1.54) is 4.68 Å². The zero-order chi connectivity index (χ0) is 26.2. The first-order valence-corrected chi connectivity index (χ1v) is 11.9. The smallest absolute Gasteiger partial charge is 0.410 e. The molecule has 0 bridgehead atoms. The Labute approximate surface area is 214 Å². The molecule has 5 rings (SSSR count). The summed E-state index contributed by atoms with van der Waals surface area (Å²) in [5.74, 6) is 0.717. The number of fused-ring (bicyclic) bond motifs is 1. The molecule has 2 aromatic heterocycles. The number of carbonyl (C=O) groups is 2. The van der Waals surface area contributed by atoms with Crippen molar-refractivity contribution in [2.45, 2.75) is 26.4 Å². The lowest BCUT2D eigenvalue weighted by Gasteiger charge is -2.24. The Morgan fingerprint density at radius 1 is 0.946 bits per heavy atom. The third-order valence-electron chi connectivity index (χ3n) is 5.77. The van der Waals surface area contributed by atoms with Gasteiger partial charge in [0.2, 0.25) is 0 Å². The highest BCUT2D eigenvalue weighted by Gasteiger charge is 2.28. The van der Waals surface area contributed by atoms with Gasteiger partial charge in [-0.15, -0.1) is 0 Å². The molecule has 37 heavy (non-hydrogen) atoms. The van der Waals surface area contributed by atoms with Crippen LogP contribution in [0.25, 0.3) is 22.3 Å². The Morgan fingerprint density at radius 2 is 1.65 bits per heavy atom. The molecular weight excluding hydrogens is 470 g/mol. The predicted octanol–water partition coefficient (Wildman–Crippen LogP) is 4.95. The van der Waals surface area contributed by atoms with Crippen molar-refractivity contribution in [3.63, 3.8) is 0 Å². The van der Waals surface area contributed by atoms with Crippen LogP contribution in [0.3, 0.4) is 0 Å². The molecule has 0 unspecified atom stereocenters. The molecule has 1 aliphatic heterocycles. The van der Waals surface area contributed by atoms with Gasteiger partial charge in [-0.3, -0.25) is 9.78 Å². The predicted molar refractivity (Wildman–Crippen MR) is 140 cm³/mol. The Morgan fingerprint density at radius 3 is 2.32 bits per heavy atom. The SMILES string of the molecule is CC(C)(C)OC(=O)N1CC=C(c2ccnc3c(C(N)=O)n(-c4ccc(Oc5ccccc5)cc4)nc23)C1. The molecule has 3 heterocycles. The van der Waals surface area contributed by atoms with Gasteiger partial charge in [-0.25, -0.2) is 9.48 Å². The van der Waals surface area contributed by atoms with E-state index in [0.29, 0.717) is 35.6 Å². The molecule has 0 saturated heterocycles. The van der Waals surface area contributed by atoms with Crippen LogP contribution < -0.4 is 10.5 Å². The molecule has 9 nitrogen and oxygen atoms in total. The lowest BCUT2D eigenvalue weighted by atomic mass is 10.1. The van der Waals surface area contributed by atoms with Gasteiger partial charge >= 0.3 is 6.09 Å². The summed E-state index contributed by atoms with van der Waals surface area (Å²) in [7, 11) is 0. The number of carbonyl (C=O) groups excluding carboxylic acids is 2. The minimum absolute atomic E-state index is 0.177. The molecule has 2 amide bonds. The van der Waals surface area contributed by atoms with Crippen molar-refractivity contribution in [1.82, 2.24) is 19.7 Å². The topological polar surface area (TPSA) is 113 Å². The van der Waals surface area contributed by atoms with Gasteiger partial charge in [0.15, 0.2) is 5.69 Å². The van der Waals surface area contributed by atoms with E-state index in [1.807, 2.05) is 63.2 Å². The molecular formula is C28H27N5O4. The van der Waals surface area contributed by atoms with E-state index in [0.717, 1.165) is 16.9 Å². The second-order valence-corrected chi connectivity index (χ2v) is 9.68. The highest BCUT2D eigenvalue weighted by molar-refractivity contribution is 6.05. The van der Waals surface area contributed by atoms with Crippen molar-refractivity contribution in [2.24, 2.45) is 5.73 Å². The summed E-state index contributed by atoms with van der Waals surface area (Å²) in [6, 6.07) is 18.5. The molecule has 188 valence electrons. The van der Waals surface area contributed by atoms with E-state index in [2.05, 4.69) is 4.98 Å². The highest BCUT2D eigenvalue weighted by atomic mass is 16.6. The number of amides is 2. The molecule has 0 spiro atoms. The number of primary amides is 1. The average molecular weight is 498 g/mol. The standard InChI is InChI=1S/C28H27N5O4/c1-28(2,3)37-27(35)32-16-14-18(17-32)22-13-15-30-24-23(22)31-33(25(24)26(29)34)19-9-11-21(12-10-19)36-20-7-5-4-6-8-20/h4-15H,16-17H2,1-3H3,(H2,29,34). The van der Waals surface area contributed by atoms with Gasteiger partial charge < -0.3 is 20.1 Å². The molecule has 4 aromatic rings. The van der Waals surface area contributed by atoms with E-state index in [4.69, 9.17) is 20.3 Å². The molecule has 0 radical (unpaired) electrons. The summed E-state index contributed by atoms with van der Waals surface area (Å²) < 4.78 is 12.9. The number of nitrogens with two attached hydrogens (primary N) is 1. The number of hydrogen-bond donors (Lipinski definition) is 1. The number of pyridine rings is 1. The third kappa shape index (κ3) is 5.02. The number of rotatable bonds is 5. The Balaban J connectivity index is 1.46. The van der Waals surface area contributed by atoms with Crippen LogP contribution in [0.5, 0.6) is 11.5 Å². The van der Waals surface area contributed by atoms with Gasteiger partial charge in [-0.05, 0) is 68.8 Å². The molecule has 0 fully saturated rings. The zero-order valence-electron chi connectivity index (χ0n) is 20.8. The van der Waals surface area contributed by atoms with Crippen LogP contribution in [0.1, 0.15) is 36.8 Å². The van der Waals surface area contributed by atoms with Crippen molar-refractivity contribution >= 4 is 28.6 Å². The third-order valence-corrected chi connectivity index (χ3v) is 5.77. The first-order chi connectivity index (χ1) is 17.7. The number of aromatic nitrogens is 3. The van der Waals surface area contributed by atoms with E-state index in [9.17, 15) is 9.59 Å². The van der Waals surface area contributed by atoms with E-state index >= 15 is 0 Å². The minimum Gasteiger partial charge on any atom is -0.457 e. The second-order valence-electron chi connectivity index (χ2n) is 9.68. The largest absolute Gasteiger partial charge is 0.457 e. The zero-order valence-corrected chi connectivity index (χ0v) is 20.8. The number of para-hydroxylation sites is 1. The lowest BCUT2D eigenvalue weighted by Crippen LogP contribution is -2.35. The summed E-state index contributed by atoms with van der Waals surface area (Å²) in [6.07, 6.45) is 3.19. The van der Waals surface area contributed by atoms with Gasteiger partial charge in [-0.2, -0.15) is 5.10 Å². The van der Waals surface area contributed by atoms with Crippen molar-refractivity contribution in [2.75, 3.05) is 13.1 Å². The Bertz CT molecular complexity index is 1500. The molecule has 0 atom stereocenters. The van der Waals surface area contributed by atoms with Crippen LogP contribution in [0, 0.1) is 0 Å². The van der Waals surface area contributed by atoms with Crippen LogP contribution in [0.15, 0.2) is 72.9 Å². The van der Waals surface area contributed by atoms with E-state index in [-0.39, 0.29) is 11.8 Å². The normalized spacial score (nSPS) is 13.5. The monoisotopic (exact) mass is 497 g/mol. The van der Waals surface area contributed by atoms with Crippen LogP contribution in [-0.4, -0.2) is 50.4 Å². The Hall–Kier alpha value is -4.66. The lowest BCUT2D eigenvalue weighted by molar-refractivity contribution is 0.0306. The molecule has 2 aromatic carbocycles. The molecule has 9 heteroatoms. The molecule has 0 saturated carbocycles. The fraction of sp³-hybridized carbons (Fsp3) is 0.214. The van der Waals surface area contributed by atoms with Crippen molar-refractivity contribution < 1.29 is 19.1 Å². The summed E-state index contributed by atoms with van der Waals surface area (Å²) in [5.41, 5.74) is 8.59. The summed E-state index contributed by atoms with van der Waals surface area (Å²) in [4.78, 5) is 31.1. The fourth-order valence-electron chi connectivity index (χ4n) is 4.14. The number of ether oxygens (including phenoxy) is 2. The van der Waals surface area contributed by atoms with Crippen molar-refractivity contribution in [3.8, 4) is 17.2 Å². The first kappa shape index (κ1) is 24.1. The number of hydrogen-bond acceptors (Lipinski definition) is 6. The second kappa shape index (κ2) is 9.42. The van der Waals surface area contributed by atoms with Gasteiger partial charge in [0, 0.05) is 24.8 Å². The van der Waals surface area contributed by atoms with E-state index in [1.54, 1.807) is 35.4 Å². The van der Waals surface area contributed by atoms with Crippen molar-refractivity contribution in [3.05, 3.63) is 84.2 Å². The van der Waals surface area contributed by atoms with Gasteiger partial charge in [0.05, 0.1) is 5.69 Å². The molecule has 0 aliphatic carbocycles. The van der Waals surface area contributed by atoms with E-state index < -0.39 is 11.5 Å².